The highest BCUT2D eigenvalue weighted by atomic mass is 79.9. The van der Waals surface area contributed by atoms with Crippen molar-refractivity contribution in [2.24, 2.45) is 0 Å². The smallest absolute Gasteiger partial charge is 0.161 e. The number of rotatable bonds is 3. The summed E-state index contributed by atoms with van der Waals surface area (Å²) in [5, 5.41) is 2.32. The number of hydrogen-bond donors (Lipinski definition) is 1. The summed E-state index contributed by atoms with van der Waals surface area (Å²) in [7, 11) is 0. The standard InChI is InChI=1S/C13H7BrF5N/c14-7-1-2-8(15)6(13(7)19)5-20-12-4-10(17)9(16)3-11(12)18/h1-4,20H,5H2. The molecule has 0 amide bonds. The van der Waals surface area contributed by atoms with E-state index in [1.807, 2.05) is 0 Å². The number of nitrogens with one attached hydrogen (secondary N) is 1. The van der Waals surface area contributed by atoms with Gasteiger partial charge in [-0.1, -0.05) is 0 Å². The van der Waals surface area contributed by atoms with Gasteiger partial charge in [0.25, 0.3) is 0 Å². The van der Waals surface area contributed by atoms with Crippen LogP contribution in [0.3, 0.4) is 0 Å². The molecule has 0 bridgehead atoms. The molecule has 0 unspecified atom stereocenters. The van der Waals surface area contributed by atoms with Gasteiger partial charge in [0.15, 0.2) is 11.6 Å². The minimum Gasteiger partial charge on any atom is -0.378 e. The van der Waals surface area contributed by atoms with Gasteiger partial charge in [-0.05, 0) is 28.1 Å². The molecule has 0 spiro atoms. The highest BCUT2D eigenvalue weighted by Gasteiger charge is 2.14. The highest BCUT2D eigenvalue weighted by Crippen LogP contribution is 2.24. The summed E-state index contributed by atoms with van der Waals surface area (Å²) in [6.07, 6.45) is 0. The highest BCUT2D eigenvalue weighted by molar-refractivity contribution is 9.10. The second kappa shape index (κ2) is 5.78. The van der Waals surface area contributed by atoms with Gasteiger partial charge in [-0.3, -0.25) is 0 Å². The van der Waals surface area contributed by atoms with Crippen LogP contribution in [0, 0.1) is 29.1 Å². The third-order valence-corrected chi connectivity index (χ3v) is 3.22. The zero-order valence-electron chi connectivity index (χ0n) is 9.78. The predicted octanol–water partition coefficient (Wildman–Crippen LogP) is 4.76. The Balaban J connectivity index is 2.26. The molecule has 0 aliphatic heterocycles. The van der Waals surface area contributed by atoms with Gasteiger partial charge in [-0.15, -0.1) is 0 Å². The first-order chi connectivity index (χ1) is 9.40. The van der Waals surface area contributed by atoms with Gasteiger partial charge >= 0.3 is 0 Å². The van der Waals surface area contributed by atoms with Crippen LogP contribution in [0.4, 0.5) is 27.6 Å². The molecule has 2 aromatic carbocycles. The lowest BCUT2D eigenvalue weighted by Gasteiger charge is -2.10. The van der Waals surface area contributed by atoms with Crippen LogP contribution >= 0.6 is 15.9 Å². The van der Waals surface area contributed by atoms with Crippen molar-refractivity contribution >= 4 is 21.6 Å². The Morgan fingerprint density at radius 2 is 1.50 bits per heavy atom. The van der Waals surface area contributed by atoms with E-state index in [-0.39, 0.29) is 15.7 Å². The van der Waals surface area contributed by atoms with Gasteiger partial charge in [0.05, 0.1) is 10.2 Å². The number of benzene rings is 2. The van der Waals surface area contributed by atoms with Crippen molar-refractivity contribution in [3.63, 3.8) is 0 Å². The summed E-state index contributed by atoms with van der Waals surface area (Å²) in [5.74, 6) is -5.33. The molecule has 7 heteroatoms. The van der Waals surface area contributed by atoms with Gasteiger partial charge < -0.3 is 5.32 Å². The summed E-state index contributed by atoms with van der Waals surface area (Å²) in [6.45, 7) is -0.418. The Hall–Kier alpha value is -1.63. The molecule has 0 aliphatic rings. The zero-order valence-corrected chi connectivity index (χ0v) is 11.4. The van der Waals surface area contributed by atoms with Crippen LogP contribution in [0.2, 0.25) is 0 Å². The summed E-state index contributed by atoms with van der Waals surface area (Å²) >= 11 is 2.89. The average Bonchev–Trinajstić information content (AvgIpc) is 2.40. The van der Waals surface area contributed by atoms with Crippen LogP contribution in [0.5, 0.6) is 0 Å². The van der Waals surface area contributed by atoms with Crippen LogP contribution < -0.4 is 5.32 Å². The minimum absolute atomic E-state index is 0.0430. The maximum absolute atomic E-state index is 13.7. The Morgan fingerprint density at radius 3 is 2.20 bits per heavy atom. The fraction of sp³-hybridized carbons (Fsp3) is 0.0769. The fourth-order valence-electron chi connectivity index (χ4n) is 1.57. The largest absolute Gasteiger partial charge is 0.378 e. The van der Waals surface area contributed by atoms with Crippen LogP contribution in [-0.4, -0.2) is 0 Å². The molecular weight excluding hydrogens is 345 g/mol. The summed E-state index contributed by atoms with van der Waals surface area (Å²) in [6, 6.07) is 3.15. The van der Waals surface area contributed by atoms with Crippen molar-refractivity contribution in [2.45, 2.75) is 6.54 Å². The van der Waals surface area contributed by atoms with Crippen LogP contribution in [0.25, 0.3) is 0 Å². The molecule has 2 aromatic rings. The van der Waals surface area contributed by atoms with Gasteiger partial charge in [-0.2, -0.15) is 0 Å². The molecular formula is C13H7BrF5N. The molecule has 0 heterocycles. The molecule has 1 N–H and O–H groups in total. The first kappa shape index (κ1) is 14.8. The van der Waals surface area contributed by atoms with E-state index < -0.39 is 35.6 Å². The van der Waals surface area contributed by atoms with Crippen molar-refractivity contribution in [1.82, 2.24) is 0 Å². The molecule has 20 heavy (non-hydrogen) atoms. The van der Waals surface area contributed by atoms with E-state index in [9.17, 15) is 22.0 Å². The molecule has 0 saturated heterocycles. The van der Waals surface area contributed by atoms with E-state index in [2.05, 4.69) is 21.2 Å². The van der Waals surface area contributed by atoms with Crippen molar-refractivity contribution in [3.8, 4) is 0 Å². The van der Waals surface area contributed by atoms with E-state index in [1.165, 1.54) is 6.07 Å². The van der Waals surface area contributed by atoms with E-state index in [1.54, 1.807) is 0 Å². The predicted molar refractivity (Wildman–Crippen MR) is 67.7 cm³/mol. The van der Waals surface area contributed by atoms with Crippen molar-refractivity contribution < 1.29 is 22.0 Å². The number of halogens is 6. The number of anilines is 1. The molecule has 2 rings (SSSR count). The Labute approximate surface area is 119 Å². The summed E-state index contributed by atoms with van der Waals surface area (Å²) in [4.78, 5) is 0. The zero-order chi connectivity index (χ0) is 14.9. The SMILES string of the molecule is Fc1cc(F)c(NCc2c(F)ccc(Br)c2F)cc1F. The second-order valence-electron chi connectivity index (χ2n) is 3.92. The first-order valence-corrected chi connectivity index (χ1v) is 6.20. The fourth-order valence-corrected chi connectivity index (χ4v) is 1.94. The normalized spacial score (nSPS) is 10.7. The molecule has 1 nitrogen and oxygen atoms in total. The van der Waals surface area contributed by atoms with E-state index in [0.717, 1.165) is 6.07 Å². The van der Waals surface area contributed by atoms with Crippen LogP contribution in [0.15, 0.2) is 28.7 Å². The molecule has 0 aliphatic carbocycles. The van der Waals surface area contributed by atoms with Gasteiger partial charge in [0.1, 0.15) is 17.5 Å². The Bertz CT molecular complexity index is 660. The van der Waals surface area contributed by atoms with Crippen LogP contribution in [-0.2, 0) is 6.54 Å². The summed E-state index contributed by atoms with van der Waals surface area (Å²) < 4.78 is 66.2. The van der Waals surface area contributed by atoms with E-state index >= 15 is 0 Å². The maximum Gasteiger partial charge on any atom is 0.161 e. The monoisotopic (exact) mass is 351 g/mol. The van der Waals surface area contributed by atoms with Gasteiger partial charge in [0, 0.05) is 24.2 Å². The van der Waals surface area contributed by atoms with Gasteiger partial charge in [0.2, 0.25) is 0 Å². The summed E-state index contributed by atoms with van der Waals surface area (Å²) in [5.41, 5.74) is -0.730. The average molecular weight is 352 g/mol. The van der Waals surface area contributed by atoms with Crippen LogP contribution in [0.1, 0.15) is 5.56 Å². The van der Waals surface area contributed by atoms with Gasteiger partial charge in [-0.25, -0.2) is 22.0 Å². The maximum atomic E-state index is 13.7. The molecule has 0 aromatic heterocycles. The topological polar surface area (TPSA) is 12.0 Å². The minimum atomic E-state index is -1.34. The Morgan fingerprint density at radius 1 is 0.850 bits per heavy atom. The molecule has 106 valence electrons. The van der Waals surface area contributed by atoms with Crippen molar-refractivity contribution in [2.75, 3.05) is 5.32 Å². The lowest BCUT2D eigenvalue weighted by molar-refractivity contribution is 0.495. The lowest BCUT2D eigenvalue weighted by Crippen LogP contribution is -2.07. The Kier molecular flexibility index (Phi) is 4.27. The quantitative estimate of drug-likeness (QED) is 0.621. The first-order valence-electron chi connectivity index (χ1n) is 5.41. The number of hydrogen-bond acceptors (Lipinski definition) is 1. The van der Waals surface area contributed by atoms with E-state index in [4.69, 9.17) is 0 Å². The van der Waals surface area contributed by atoms with Crippen molar-refractivity contribution in [1.29, 1.82) is 0 Å². The third-order valence-electron chi connectivity index (χ3n) is 2.60. The van der Waals surface area contributed by atoms with E-state index in [0.29, 0.717) is 12.1 Å². The molecule has 0 saturated carbocycles. The lowest BCUT2D eigenvalue weighted by atomic mass is 10.2. The third kappa shape index (κ3) is 2.92. The molecule has 0 atom stereocenters. The molecule has 0 fully saturated rings. The van der Waals surface area contributed by atoms with Crippen molar-refractivity contribution in [3.05, 3.63) is 63.4 Å². The second-order valence-corrected chi connectivity index (χ2v) is 4.78. The molecule has 0 radical (unpaired) electrons.